The summed E-state index contributed by atoms with van der Waals surface area (Å²) in [5.74, 6) is -0.926. The second-order valence-corrected chi connectivity index (χ2v) is 11.8. The number of imidazole rings is 1. The standard InChI is InChI=1S/C14H18N6O.C13H16NO8P/c15-14-18-12(17-9-2-3-9)11-13(19-14)20(7-16-11)10-4-1-8(5-10)6-21;1-19-14(20-2)13(10-6-4-3-5-7-10)9-8-11(15)21-23(17,18)22-12(13)16/h1,4,7-10,21H,2-3,5-6H2,(H3,15,17,18,19);3-7H,8-9H2,1-2H3,(H,17,18)/t8-,10+;13-/m11/s1. The first-order valence-corrected chi connectivity index (χ1v) is 15.4. The van der Waals surface area contributed by atoms with Gasteiger partial charge in [0.15, 0.2) is 22.5 Å². The fourth-order valence-electron chi connectivity index (χ4n) is 5.18. The number of carbonyl (C=O) groups excluding carboxylic acids is 2. The van der Waals surface area contributed by atoms with Gasteiger partial charge in [0.2, 0.25) is 5.95 Å². The highest BCUT2D eigenvalue weighted by Gasteiger charge is 2.54. The summed E-state index contributed by atoms with van der Waals surface area (Å²) in [6.45, 7) is 0.172. The van der Waals surface area contributed by atoms with Crippen LogP contribution in [-0.4, -0.2) is 73.6 Å². The number of benzene rings is 1. The number of aliphatic hydroxyl groups excluding tert-OH is 1. The first-order chi connectivity index (χ1) is 21.1. The third kappa shape index (κ3) is 6.60. The molecule has 0 spiro atoms. The topological polar surface area (TPSA) is 213 Å². The summed E-state index contributed by atoms with van der Waals surface area (Å²) in [4.78, 5) is 56.9. The van der Waals surface area contributed by atoms with Crippen LogP contribution in [0.25, 0.3) is 11.2 Å². The molecule has 1 aromatic carbocycles. The first kappa shape index (κ1) is 31.5. The highest BCUT2D eigenvalue weighted by Crippen LogP contribution is 2.50. The predicted octanol–water partition coefficient (Wildman–Crippen LogP) is 2.38. The minimum atomic E-state index is -4.87. The summed E-state index contributed by atoms with van der Waals surface area (Å²) in [6, 6.07) is 8.85. The number of fused-ring (bicyclic) bond motifs is 1. The lowest BCUT2D eigenvalue weighted by Gasteiger charge is -2.39. The zero-order chi connectivity index (χ0) is 31.5. The van der Waals surface area contributed by atoms with Gasteiger partial charge in [-0.1, -0.05) is 42.5 Å². The molecule has 1 aliphatic heterocycles. The first-order valence-electron chi connectivity index (χ1n) is 13.9. The quantitative estimate of drug-likeness (QED) is 0.160. The van der Waals surface area contributed by atoms with Gasteiger partial charge in [0, 0.05) is 25.0 Å². The maximum Gasteiger partial charge on any atom is 0.589 e. The van der Waals surface area contributed by atoms with Crippen molar-refractivity contribution in [1.29, 1.82) is 0 Å². The average molecular weight is 632 g/mol. The van der Waals surface area contributed by atoms with Gasteiger partial charge < -0.3 is 29.8 Å². The molecule has 236 valence electrons. The van der Waals surface area contributed by atoms with Gasteiger partial charge in [0.1, 0.15) is 0 Å². The Morgan fingerprint density at radius 2 is 1.89 bits per heavy atom. The summed E-state index contributed by atoms with van der Waals surface area (Å²) >= 11 is 0. The van der Waals surface area contributed by atoms with E-state index in [1.165, 1.54) is 14.2 Å². The fraction of sp³-hybridized carbons (Fsp3) is 0.444. The van der Waals surface area contributed by atoms with Crippen LogP contribution in [0, 0.1) is 5.92 Å². The molecule has 1 saturated heterocycles. The molecule has 5 N–H and O–H groups in total. The van der Waals surface area contributed by atoms with Crippen LogP contribution in [0.5, 0.6) is 0 Å². The Hall–Kier alpha value is -3.92. The number of aromatic nitrogens is 4. The van der Waals surface area contributed by atoms with Gasteiger partial charge in [-0.3, -0.25) is 19.4 Å². The molecule has 44 heavy (non-hydrogen) atoms. The molecule has 16 nitrogen and oxygen atoms in total. The van der Waals surface area contributed by atoms with Gasteiger partial charge in [-0.05, 0) is 36.5 Å². The number of allylic oxidation sites excluding steroid dienone is 1. The van der Waals surface area contributed by atoms with Gasteiger partial charge in [0.05, 0.1) is 26.6 Å². The Labute approximate surface area is 252 Å². The average Bonchev–Trinajstić information content (AvgIpc) is 3.50. The number of phosphoric acid groups is 1. The van der Waals surface area contributed by atoms with E-state index >= 15 is 0 Å². The number of nitrogens with zero attached hydrogens (tertiary/aromatic N) is 5. The number of nitrogen functional groups attached to an aromatic ring is 1. The van der Waals surface area contributed by atoms with E-state index in [1.54, 1.807) is 36.7 Å². The Balaban J connectivity index is 0.000000175. The van der Waals surface area contributed by atoms with E-state index in [1.807, 2.05) is 10.6 Å². The second-order valence-electron chi connectivity index (χ2n) is 10.5. The van der Waals surface area contributed by atoms with Crippen LogP contribution in [0.1, 0.15) is 43.7 Å². The summed E-state index contributed by atoms with van der Waals surface area (Å²) < 4.78 is 22.5. The van der Waals surface area contributed by atoms with Crippen molar-refractivity contribution >= 4 is 42.7 Å². The molecule has 3 aromatic rings. The van der Waals surface area contributed by atoms with E-state index in [-0.39, 0.29) is 37.4 Å². The van der Waals surface area contributed by atoms with Gasteiger partial charge >= 0.3 is 19.8 Å². The molecule has 3 heterocycles. The maximum absolute atomic E-state index is 12.6. The normalized spacial score (nSPS) is 26.8. The third-order valence-electron chi connectivity index (χ3n) is 7.44. The number of nitrogens with two attached hydrogens (primary N) is 1. The summed E-state index contributed by atoms with van der Waals surface area (Å²) in [5, 5.41) is 13.4. The third-order valence-corrected chi connectivity index (χ3v) is 8.27. The van der Waals surface area contributed by atoms with Crippen LogP contribution in [-0.2, 0) is 38.4 Å². The van der Waals surface area contributed by atoms with Crippen LogP contribution in [0.15, 0.2) is 48.8 Å². The van der Waals surface area contributed by atoms with Crippen molar-refractivity contribution in [3.05, 3.63) is 54.4 Å². The second kappa shape index (κ2) is 13.0. The van der Waals surface area contributed by atoms with E-state index in [0.29, 0.717) is 11.6 Å². The Morgan fingerprint density at radius 3 is 2.52 bits per heavy atom. The van der Waals surface area contributed by atoms with Crippen molar-refractivity contribution in [2.45, 2.75) is 49.7 Å². The number of rotatable bonds is 8. The highest BCUT2D eigenvalue weighted by atomic mass is 31.2. The van der Waals surface area contributed by atoms with Gasteiger partial charge in [0.25, 0.3) is 0 Å². The molecule has 1 unspecified atom stereocenters. The number of phosphoric ester groups is 1. The molecular formula is C27H34N7O9P. The number of nitrogens with one attached hydrogen (secondary N) is 1. The smallest absolute Gasteiger partial charge is 0.396 e. The molecule has 3 aliphatic rings. The van der Waals surface area contributed by atoms with Crippen LogP contribution in [0.3, 0.4) is 0 Å². The summed E-state index contributed by atoms with van der Waals surface area (Å²) in [7, 11) is -2.37. The van der Waals surface area contributed by atoms with Gasteiger partial charge in [-0.15, -0.1) is 0 Å². The largest absolute Gasteiger partial charge is 0.589 e. The molecule has 1 saturated carbocycles. The zero-order valence-electron chi connectivity index (χ0n) is 24.1. The van der Waals surface area contributed by atoms with Crippen LogP contribution in [0.4, 0.5) is 11.8 Å². The number of hydrogen-bond donors (Lipinski definition) is 4. The summed E-state index contributed by atoms with van der Waals surface area (Å²) in [5.41, 5.74) is 5.97. The number of carbonyl (C=O) groups is 2. The van der Waals surface area contributed by atoms with Gasteiger partial charge in [-0.25, -0.2) is 14.3 Å². The fourth-order valence-corrected chi connectivity index (χ4v) is 5.93. The number of aliphatic hydroxyl groups is 1. The van der Waals surface area contributed by atoms with E-state index in [4.69, 9.17) is 15.4 Å². The molecular weight excluding hydrogens is 597 g/mol. The zero-order valence-corrected chi connectivity index (χ0v) is 25.0. The maximum atomic E-state index is 12.6. The Kier molecular flexibility index (Phi) is 9.29. The van der Waals surface area contributed by atoms with E-state index < -0.39 is 25.3 Å². The van der Waals surface area contributed by atoms with Gasteiger partial charge in [-0.2, -0.15) is 9.97 Å². The van der Waals surface area contributed by atoms with E-state index in [0.717, 1.165) is 41.5 Å². The monoisotopic (exact) mass is 631 g/mol. The van der Waals surface area contributed by atoms with Crippen molar-refractivity contribution in [3.63, 3.8) is 0 Å². The van der Waals surface area contributed by atoms with Crippen molar-refractivity contribution in [2.24, 2.45) is 5.92 Å². The summed E-state index contributed by atoms with van der Waals surface area (Å²) in [6.07, 6.45) is 8.64. The molecule has 4 atom stereocenters. The lowest BCUT2D eigenvalue weighted by atomic mass is 9.86. The van der Waals surface area contributed by atoms with Crippen molar-refractivity contribution in [2.75, 3.05) is 31.9 Å². The molecule has 2 aliphatic carbocycles. The van der Waals surface area contributed by atoms with E-state index in [2.05, 4.69) is 35.4 Å². The highest BCUT2D eigenvalue weighted by molar-refractivity contribution is 7.48. The molecule has 2 fully saturated rings. The number of anilines is 2. The molecule has 0 amide bonds. The molecule has 2 aromatic heterocycles. The van der Waals surface area contributed by atoms with Crippen LogP contribution < -0.4 is 11.1 Å². The Bertz CT molecular complexity index is 1580. The lowest BCUT2D eigenvalue weighted by molar-refractivity contribution is -0.390. The number of hydrogen-bond acceptors (Lipinski definition) is 14. The van der Waals surface area contributed by atoms with Crippen LogP contribution in [0.2, 0.25) is 0 Å². The van der Waals surface area contributed by atoms with Crippen molar-refractivity contribution < 1.29 is 42.9 Å². The van der Waals surface area contributed by atoms with Crippen LogP contribution >= 0.6 is 7.82 Å². The molecule has 6 rings (SSSR count). The SMILES string of the molecule is CON(OC)[C@@]1(c2ccccc2)CCC(=O)OP(=O)(O)OC1=O.Nc1nc(NC2CC2)c2ncn([C@H]3C=C[C@@H](CO)C3)c2n1. The van der Waals surface area contributed by atoms with E-state index in [9.17, 15) is 24.2 Å². The van der Waals surface area contributed by atoms with Crippen molar-refractivity contribution in [1.82, 2.24) is 24.7 Å². The number of hydroxylamine groups is 2. The van der Waals surface area contributed by atoms with Crippen molar-refractivity contribution in [3.8, 4) is 0 Å². The predicted molar refractivity (Wildman–Crippen MR) is 155 cm³/mol. The minimum absolute atomic E-state index is 0.143. The molecule has 17 heteroatoms. The molecule has 0 radical (unpaired) electrons. The molecule has 0 bridgehead atoms. The Morgan fingerprint density at radius 1 is 1.16 bits per heavy atom. The minimum Gasteiger partial charge on any atom is -0.396 e. The lowest BCUT2D eigenvalue weighted by Crippen LogP contribution is -2.52.